The Balaban J connectivity index is 0.000000244. The quantitative estimate of drug-likeness (QED) is 0.0356. The van der Waals surface area contributed by atoms with E-state index in [0.29, 0.717) is 36.0 Å². The maximum atomic E-state index is 14.1. The third-order valence-corrected chi connectivity index (χ3v) is 15.4. The van der Waals surface area contributed by atoms with Crippen LogP contribution in [0, 0.1) is 0 Å². The van der Waals surface area contributed by atoms with Gasteiger partial charge in [-0.05, 0) is 105 Å². The SMILES string of the molecule is CCOP(=O)(COc1c(-c2ccc(O)c(O)c2)oc2cc(O)ccc2c1=O)OCC.CCOP(=O)(COc1c(-c2ccc(OCc3ccccc3)c(OCc3ccccc3)c2)oc2cc(OCc3ccccc3)ccc2c1=O)OCC. The van der Waals surface area contributed by atoms with Crippen molar-refractivity contribution in [1.29, 1.82) is 0 Å². The molecular formula is C61H60O18P2. The molecule has 81 heavy (non-hydrogen) atoms. The summed E-state index contributed by atoms with van der Waals surface area (Å²) in [5.41, 5.74) is 2.94. The van der Waals surface area contributed by atoms with E-state index < -0.39 is 44.5 Å². The summed E-state index contributed by atoms with van der Waals surface area (Å²) in [5.74, 6) is 0.113. The molecule has 422 valence electrons. The van der Waals surface area contributed by atoms with E-state index in [1.807, 2.05) is 91.0 Å². The molecule has 3 N–H and O–H groups in total. The van der Waals surface area contributed by atoms with Crippen LogP contribution < -0.4 is 34.5 Å². The average Bonchev–Trinajstić information content (AvgIpc) is 3.63. The van der Waals surface area contributed by atoms with Gasteiger partial charge in [0, 0.05) is 23.3 Å². The molecule has 0 unspecified atom stereocenters. The minimum atomic E-state index is -3.69. The van der Waals surface area contributed by atoms with Crippen LogP contribution in [-0.4, -0.2) is 54.4 Å². The van der Waals surface area contributed by atoms with E-state index in [1.54, 1.807) is 64.1 Å². The fourth-order valence-corrected chi connectivity index (χ4v) is 10.7. The molecule has 9 rings (SSSR count). The number of benzene rings is 7. The fourth-order valence-electron chi connectivity index (χ4n) is 8.11. The van der Waals surface area contributed by atoms with Crippen LogP contribution in [-0.2, 0) is 47.0 Å². The summed E-state index contributed by atoms with van der Waals surface area (Å²) in [6, 6.07) is 47.3. The van der Waals surface area contributed by atoms with Gasteiger partial charge in [0.15, 0.2) is 47.2 Å². The summed E-state index contributed by atoms with van der Waals surface area (Å²) >= 11 is 0. The van der Waals surface area contributed by atoms with E-state index in [0.717, 1.165) is 16.7 Å². The molecule has 0 spiro atoms. The lowest BCUT2D eigenvalue weighted by Gasteiger charge is -2.19. The minimum Gasteiger partial charge on any atom is -0.508 e. The van der Waals surface area contributed by atoms with Gasteiger partial charge >= 0.3 is 15.2 Å². The summed E-state index contributed by atoms with van der Waals surface area (Å²) in [7, 11) is -7.32. The Kier molecular flexibility index (Phi) is 20.1. The Labute approximate surface area is 466 Å². The van der Waals surface area contributed by atoms with E-state index in [4.69, 9.17) is 50.6 Å². The van der Waals surface area contributed by atoms with Gasteiger partial charge in [-0.15, -0.1) is 0 Å². The van der Waals surface area contributed by atoms with Crippen LogP contribution in [0.1, 0.15) is 44.4 Å². The van der Waals surface area contributed by atoms with Gasteiger partial charge in [-0.3, -0.25) is 18.7 Å². The molecule has 0 bridgehead atoms. The van der Waals surface area contributed by atoms with Crippen molar-refractivity contribution in [2.24, 2.45) is 0 Å². The number of aromatic hydroxyl groups is 3. The van der Waals surface area contributed by atoms with Crippen molar-refractivity contribution in [3.8, 4) is 68.6 Å². The van der Waals surface area contributed by atoms with Crippen LogP contribution >= 0.6 is 15.2 Å². The van der Waals surface area contributed by atoms with Crippen LogP contribution in [0.4, 0.5) is 0 Å². The zero-order valence-electron chi connectivity index (χ0n) is 44.8. The van der Waals surface area contributed by atoms with Crippen molar-refractivity contribution < 1.29 is 75.1 Å². The zero-order chi connectivity index (χ0) is 57.4. The zero-order valence-corrected chi connectivity index (χ0v) is 46.6. The molecule has 0 atom stereocenters. The highest BCUT2D eigenvalue weighted by atomic mass is 31.2. The lowest BCUT2D eigenvalue weighted by atomic mass is 10.1. The van der Waals surface area contributed by atoms with Gasteiger partial charge < -0.3 is 65.9 Å². The number of ether oxygens (including phenoxy) is 5. The molecule has 0 amide bonds. The van der Waals surface area contributed by atoms with E-state index in [-0.39, 0.29) is 95.1 Å². The summed E-state index contributed by atoms with van der Waals surface area (Å²) < 4.78 is 89.8. The molecule has 0 fully saturated rings. The molecule has 0 saturated heterocycles. The Hall–Kier alpha value is -8.34. The maximum Gasteiger partial charge on any atom is 0.367 e. The van der Waals surface area contributed by atoms with Gasteiger partial charge in [-0.25, -0.2) is 0 Å². The van der Waals surface area contributed by atoms with Crippen LogP contribution in [0.2, 0.25) is 0 Å². The van der Waals surface area contributed by atoms with Crippen molar-refractivity contribution in [2.75, 3.05) is 39.1 Å². The van der Waals surface area contributed by atoms with Crippen molar-refractivity contribution in [1.82, 2.24) is 0 Å². The molecule has 0 aliphatic heterocycles. The first kappa shape index (κ1) is 58.8. The highest BCUT2D eigenvalue weighted by Crippen LogP contribution is 2.50. The Morgan fingerprint density at radius 2 is 0.852 bits per heavy atom. The molecule has 2 heterocycles. The number of phenols is 3. The lowest BCUT2D eigenvalue weighted by molar-refractivity contribution is 0.195. The topological polar surface area (TPSA) is 238 Å². The van der Waals surface area contributed by atoms with Crippen molar-refractivity contribution in [3.63, 3.8) is 0 Å². The molecule has 0 radical (unpaired) electrons. The van der Waals surface area contributed by atoms with Crippen molar-refractivity contribution >= 4 is 37.1 Å². The number of hydrogen-bond acceptors (Lipinski definition) is 18. The van der Waals surface area contributed by atoms with Crippen molar-refractivity contribution in [3.05, 3.63) is 201 Å². The Bertz CT molecular complexity index is 3760. The smallest absolute Gasteiger partial charge is 0.367 e. The lowest BCUT2D eigenvalue weighted by Crippen LogP contribution is -2.13. The summed E-state index contributed by atoms with van der Waals surface area (Å²) in [5, 5.41) is 29.5. The molecule has 0 aliphatic rings. The van der Waals surface area contributed by atoms with Crippen LogP contribution in [0.5, 0.6) is 46.0 Å². The summed E-state index contributed by atoms with van der Waals surface area (Å²) in [6.07, 6.45) is -1.04. The van der Waals surface area contributed by atoms with Gasteiger partial charge in [-0.1, -0.05) is 91.0 Å². The van der Waals surface area contributed by atoms with Crippen molar-refractivity contribution in [2.45, 2.75) is 47.5 Å². The van der Waals surface area contributed by atoms with E-state index >= 15 is 0 Å². The summed E-state index contributed by atoms with van der Waals surface area (Å²) in [4.78, 5) is 27.2. The average molecular weight is 1140 g/mol. The first-order chi connectivity index (χ1) is 39.2. The molecule has 0 aliphatic carbocycles. The number of rotatable bonds is 25. The Morgan fingerprint density at radius 3 is 1.33 bits per heavy atom. The standard InChI is InChI=1S/C41H39O9P.C20H21O9P/c1-3-48-51(43,49-4-2)29-47-41-39(42)35-22-21-34(44-26-30-14-8-5-9-15-30)25-37(35)50-40(41)33-20-23-36(45-27-31-16-10-6-11-17-31)38(24-33)46-28-32-18-12-7-13-19-32;1-3-27-30(25,28-4-2)11-26-20-18(24)14-7-6-13(21)10-17(14)29-19(20)12-5-8-15(22)16(23)9-12/h5-25H,3-4,26-29H2,1-2H3;5-10,21-23H,3-4,11H2,1-2H3. The maximum absolute atomic E-state index is 14.1. The summed E-state index contributed by atoms with van der Waals surface area (Å²) in [6.45, 7) is 8.13. The molecule has 0 saturated carbocycles. The first-order valence-electron chi connectivity index (χ1n) is 25.8. The van der Waals surface area contributed by atoms with Gasteiger partial charge in [0.1, 0.15) is 42.5 Å². The van der Waals surface area contributed by atoms with Gasteiger partial charge in [0.05, 0.1) is 37.2 Å². The second-order valence-electron chi connectivity index (χ2n) is 17.6. The predicted octanol–water partition coefficient (Wildman–Crippen LogP) is 14.0. The largest absolute Gasteiger partial charge is 0.508 e. The van der Waals surface area contributed by atoms with Crippen LogP contribution in [0.3, 0.4) is 0 Å². The molecule has 20 heteroatoms. The normalized spacial score (nSPS) is 11.5. The minimum absolute atomic E-state index is 0.0766. The second-order valence-corrected chi connectivity index (χ2v) is 21.6. The van der Waals surface area contributed by atoms with Gasteiger partial charge in [-0.2, -0.15) is 0 Å². The predicted molar refractivity (Wildman–Crippen MR) is 306 cm³/mol. The molecule has 9 aromatic rings. The molecule has 18 nitrogen and oxygen atoms in total. The van der Waals surface area contributed by atoms with Crippen LogP contribution in [0.15, 0.2) is 182 Å². The highest BCUT2D eigenvalue weighted by molar-refractivity contribution is 7.53. The molecule has 2 aromatic heterocycles. The third-order valence-electron chi connectivity index (χ3n) is 11.9. The van der Waals surface area contributed by atoms with Gasteiger partial charge in [0.2, 0.25) is 22.4 Å². The van der Waals surface area contributed by atoms with E-state index in [1.165, 1.54) is 36.4 Å². The number of fused-ring (bicyclic) bond motifs is 2. The van der Waals surface area contributed by atoms with E-state index in [2.05, 4.69) is 0 Å². The first-order valence-corrected chi connectivity index (χ1v) is 29.3. The fraction of sp³-hybridized carbons (Fsp3) is 0.213. The highest BCUT2D eigenvalue weighted by Gasteiger charge is 2.30. The number of hydrogen-bond donors (Lipinski definition) is 3. The monoisotopic (exact) mass is 1140 g/mol. The second kappa shape index (κ2) is 27.7. The molecule has 7 aromatic carbocycles. The number of phenolic OH excluding ortho intramolecular Hbond substituents is 3. The van der Waals surface area contributed by atoms with Gasteiger partial charge in [0.25, 0.3) is 0 Å². The van der Waals surface area contributed by atoms with Crippen LogP contribution in [0.25, 0.3) is 44.6 Å². The Morgan fingerprint density at radius 1 is 0.420 bits per heavy atom. The third kappa shape index (κ3) is 15.3. The van der Waals surface area contributed by atoms with E-state index in [9.17, 15) is 34.0 Å². The molecular weight excluding hydrogens is 1080 g/mol.